The molecule has 2 aliphatic rings. The fraction of sp³-hybridized carbons (Fsp3) is 0.609. The lowest BCUT2D eigenvalue weighted by molar-refractivity contribution is -0.278. The third-order valence-corrected chi connectivity index (χ3v) is 6.44. The molecular weight excluding hydrogens is 435 g/mol. The zero-order valence-corrected chi connectivity index (χ0v) is 18.7. The fourth-order valence-corrected chi connectivity index (χ4v) is 4.36. The standard InChI is InChI=1S/C23H31FN2O7/c1-3-14-5-4-13(9-17(14)24)8-16-12(2)26(15-6-7-31-11-15)25-22(16)33-23-21(30)20(29)19(28)18(10-27)32-23/h4-5,9,15,18-21,23,27-30H,3,6-8,10-11H2,1-2H3/t15?,18-,19-,20+,21-,23+/m1/s1. The van der Waals surface area contributed by atoms with Crippen LogP contribution in [0.5, 0.6) is 5.88 Å². The Morgan fingerprint density at radius 1 is 1.21 bits per heavy atom. The van der Waals surface area contributed by atoms with Crippen molar-refractivity contribution >= 4 is 0 Å². The van der Waals surface area contributed by atoms with E-state index in [2.05, 4.69) is 5.10 Å². The number of aliphatic hydroxyl groups excluding tert-OH is 4. The van der Waals surface area contributed by atoms with E-state index in [1.54, 1.807) is 10.7 Å². The number of nitrogens with zero attached hydrogens (tertiary/aromatic N) is 2. The van der Waals surface area contributed by atoms with Crippen molar-refractivity contribution in [3.63, 3.8) is 0 Å². The second-order valence-electron chi connectivity index (χ2n) is 8.60. The molecule has 1 aromatic heterocycles. The van der Waals surface area contributed by atoms with Gasteiger partial charge in [0.1, 0.15) is 30.2 Å². The zero-order valence-electron chi connectivity index (χ0n) is 18.7. The molecule has 182 valence electrons. The van der Waals surface area contributed by atoms with Crippen molar-refractivity contribution in [2.45, 2.75) is 69.9 Å². The minimum absolute atomic E-state index is 0.00936. The molecule has 10 heteroatoms. The fourth-order valence-electron chi connectivity index (χ4n) is 4.36. The highest BCUT2D eigenvalue weighted by atomic mass is 19.1. The van der Waals surface area contributed by atoms with E-state index in [4.69, 9.17) is 14.2 Å². The second kappa shape index (κ2) is 10.0. The van der Waals surface area contributed by atoms with Crippen molar-refractivity contribution < 1.29 is 39.0 Å². The number of ether oxygens (including phenoxy) is 3. The number of rotatable bonds is 7. The number of hydrogen-bond donors (Lipinski definition) is 4. The third kappa shape index (κ3) is 4.77. The number of aromatic nitrogens is 2. The Hall–Kier alpha value is -2.08. The van der Waals surface area contributed by atoms with Gasteiger partial charge >= 0.3 is 0 Å². The first-order chi connectivity index (χ1) is 15.8. The molecule has 0 saturated carbocycles. The van der Waals surface area contributed by atoms with Crippen molar-refractivity contribution in [1.29, 1.82) is 0 Å². The molecule has 0 spiro atoms. The van der Waals surface area contributed by atoms with Gasteiger partial charge in [0.25, 0.3) is 0 Å². The van der Waals surface area contributed by atoms with Crippen LogP contribution in [0.4, 0.5) is 4.39 Å². The van der Waals surface area contributed by atoms with Crippen LogP contribution in [0.1, 0.15) is 41.8 Å². The minimum atomic E-state index is -1.56. The van der Waals surface area contributed by atoms with Crippen molar-refractivity contribution in [3.05, 3.63) is 46.4 Å². The predicted octanol–water partition coefficient (Wildman–Crippen LogP) is 0.624. The van der Waals surface area contributed by atoms with E-state index in [1.807, 2.05) is 19.9 Å². The molecule has 0 aliphatic carbocycles. The molecule has 4 rings (SSSR count). The quantitative estimate of drug-likeness (QED) is 0.468. The van der Waals surface area contributed by atoms with Crippen LogP contribution >= 0.6 is 0 Å². The number of aliphatic hydroxyl groups is 4. The molecule has 2 saturated heterocycles. The lowest BCUT2D eigenvalue weighted by atomic mass is 9.99. The summed E-state index contributed by atoms with van der Waals surface area (Å²) in [5, 5.41) is 44.6. The van der Waals surface area contributed by atoms with Gasteiger partial charge < -0.3 is 34.6 Å². The molecule has 4 N–H and O–H groups in total. The van der Waals surface area contributed by atoms with Gasteiger partial charge in [-0.3, -0.25) is 4.68 Å². The average Bonchev–Trinajstić information content (AvgIpc) is 3.43. The summed E-state index contributed by atoms with van der Waals surface area (Å²) in [7, 11) is 0. The molecule has 2 aromatic rings. The highest BCUT2D eigenvalue weighted by Gasteiger charge is 2.45. The molecule has 1 aromatic carbocycles. The van der Waals surface area contributed by atoms with Gasteiger partial charge in [-0.15, -0.1) is 5.10 Å². The monoisotopic (exact) mass is 466 g/mol. The van der Waals surface area contributed by atoms with E-state index in [-0.39, 0.29) is 17.7 Å². The summed E-state index contributed by atoms with van der Waals surface area (Å²) in [5.41, 5.74) is 2.85. The first kappa shape index (κ1) is 24.1. The summed E-state index contributed by atoms with van der Waals surface area (Å²) in [6.45, 7) is 4.33. The molecule has 9 nitrogen and oxygen atoms in total. The van der Waals surface area contributed by atoms with Gasteiger partial charge in [-0.25, -0.2) is 4.39 Å². The smallest absolute Gasteiger partial charge is 0.239 e. The molecule has 2 fully saturated rings. The van der Waals surface area contributed by atoms with Crippen LogP contribution in [0.15, 0.2) is 18.2 Å². The summed E-state index contributed by atoms with van der Waals surface area (Å²) >= 11 is 0. The molecule has 6 atom stereocenters. The number of aryl methyl sites for hydroxylation is 1. The summed E-state index contributed by atoms with van der Waals surface area (Å²) in [5.74, 6) is -0.107. The molecule has 1 unspecified atom stereocenters. The van der Waals surface area contributed by atoms with Gasteiger partial charge in [-0.05, 0) is 37.0 Å². The van der Waals surface area contributed by atoms with E-state index in [0.29, 0.717) is 37.2 Å². The molecular formula is C23H31FN2O7. The third-order valence-electron chi connectivity index (χ3n) is 6.44. The topological polar surface area (TPSA) is 126 Å². The maximum absolute atomic E-state index is 14.4. The molecule has 33 heavy (non-hydrogen) atoms. The Balaban J connectivity index is 1.66. The van der Waals surface area contributed by atoms with Crippen molar-refractivity contribution in [2.24, 2.45) is 0 Å². The van der Waals surface area contributed by atoms with Gasteiger partial charge in [0.2, 0.25) is 12.2 Å². The molecule has 2 aliphatic heterocycles. The van der Waals surface area contributed by atoms with Crippen molar-refractivity contribution in [3.8, 4) is 5.88 Å². The number of halogens is 1. The number of benzene rings is 1. The maximum atomic E-state index is 14.4. The van der Waals surface area contributed by atoms with Gasteiger partial charge in [0.15, 0.2) is 0 Å². The maximum Gasteiger partial charge on any atom is 0.239 e. The predicted molar refractivity (Wildman–Crippen MR) is 114 cm³/mol. The lowest BCUT2D eigenvalue weighted by Crippen LogP contribution is -2.60. The van der Waals surface area contributed by atoms with Gasteiger partial charge in [0.05, 0.1) is 19.3 Å². The molecule has 0 radical (unpaired) electrons. The van der Waals surface area contributed by atoms with Crippen LogP contribution in [-0.2, 0) is 22.3 Å². The second-order valence-corrected chi connectivity index (χ2v) is 8.60. The van der Waals surface area contributed by atoms with Crippen LogP contribution in [0.3, 0.4) is 0 Å². The molecule has 0 amide bonds. The largest absolute Gasteiger partial charge is 0.443 e. The Morgan fingerprint density at radius 3 is 2.64 bits per heavy atom. The van der Waals surface area contributed by atoms with Gasteiger partial charge in [0, 0.05) is 24.3 Å². The highest BCUT2D eigenvalue weighted by Crippen LogP contribution is 2.32. The van der Waals surface area contributed by atoms with E-state index in [9.17, 15) is 24.8 Å². The van der Waals surface area contributed by atoms with Crippen LogP contribution in [0.2, 0.25) is 0 Å². The van der Waals surface area contributed by atoms with Crippen molar-refractivity contribution in [2.75, 3.05) is 19.8 Å². The van der Waals surface area contributed by atoms with E-state index < -0.39 is 37.3 Å². The minimum Gasteiger partial charge on any atom is -0.443 e. The van der Waals surface area contributed by atoms with Gasteiger partial charge in [-0.2, -0.15) is 0 Å². The van der Waals surface area contributed by atoms with Gasteiger partial charge in [-0.1, -0.05) is 19.1 Å². The Morgan fingerprint density at radius 2 is 2.00 bits per heavy atom. The Kier molecular flexibility index (Phi) is 7.32. The summed E-state index contributed by atoms with van der Waals surface area (Å²) in [4.78, 5) is 0. The SMILES string of the molecule is CCc1ccc(Cc2c(O[C@@H]3O[C@H](CO)[C@@H](O)[C@H](O)[C@H]3O)nn(C3CCOC3)c2C)cc1F. The first-order valence-corrected chi connectivity index (χ1v) is 11.2. The van der Waals surface area contributed by atoms with Crippen LogP contribution in [0.25, 0.3) is 0 Å². The summed E-state index contributed by atoms with van der Waals surface area (Å²) < 4.78 is 33.1. The normalized spacial score (nSPS) is 30.0. The average molecular weight is 467 g/mol. The zero-order chi connectivity index (χ0) is 23.7. The summed E-state index contributed by atoms with van der Waals surface area (Å²) in [6.07, 6.45) is -5.37. The van der Waals surface area contributed by atoms with Crippen LogP contribution < -0.4 is 4.74 Å². The van der Waals surface area contributed by atoms with E-state index >= 15 is 0 Å². The van der Waals surface area contributed by atoms with Crippen LogP contribution in [-0.4, -0.2) is 80.7 Å². The van der Waals surface area contributed by atoms with E-state index in [0.717, 1.165) is 17.7 Å². The Bertz CT molecular complexity index is 961. The molecule has 3 heterocycles. The lowest BCUT2D eigenvalue weighted by Gasteiger charge is -2.39. The van der Waals surface area contributed by atoms with Crippen LogP contribution in [0, 0.1) is 12.7 Å². The van der Waals surface area contributed by atoms with E-state index in [1.165, 1.54) is 6.07 Å². The summed E-state index contributed by atoms with van der Waals surface area (Å²) in [6, 6.07) is 5.11. The van der Waals surface area contributed by atoms with Crippen molar-refractivity contribution in [1.82, 2.24) is 9.78 Å². The number of hydrogen-bond acceptors (Lipinski definition) is 8. The highest BCUT2D eigenvalue weighted by molar-refractivity contribution is 5.38. The molecule has 0 bridgehead atoms. The first-order valence-electron chi connectivity index (χ1n) is 11.2. The Labute approximate surface area is 191 Å².